The number of methoxy groups -OCH3 is 1. The molecule has 0 bridgehead atoms. The maximum atomic E-state index is 12.3. The van der Waals surface area contributed by atoms with Crippen LogP contribution in [0.25, 0.3) is 0 Å². The molecule has 0 aliphatic carbocycles. The number of piperidine rings is 1. The fourth-order valence-corrected chi connectivity index (χ4v) is 2.19. The predicted molar refractivity (Wildman–Crippen MR) is 67.1 cm³/mol. The Morgan fingerprint density at radius 1 is 1.42 bits per heavy atom. The van der Waals surface area contributed by atoms with Crippen molar-refractivity contribution in [2.45, 2.75) is 18.9 Å². The number of aromatic nitrogens is 1. The van der Waals surface area contributed by atoms with E-state index in [2.05, 4.69) is 4.98 Å². The van der Waals surface area contributed by atoms with Gasteiger partial charge in [0.15, 0.2) is 0 Å². The minimum Gasteiger partial charge on any atom is -0.478 e. The molecule has 1 aliphatic rings. The Hall–Kier alpha value is -1.95. The number of carbonyl (C=O) groups excluding carboxylic acids is 1. The van der Waals surface area contributed by atoms with Crippen molar-refractivity contribution < 1.29 is 19.4 Å². The number of nitrogens with zero attached hydrogens (tertiary/aromatic N) is 2. The van der Waals surface area contributed by atoms with Crippen LogP contribution in [0.1, 0.15) is 33.7 Å². The second-order valence-corrected chi connectivity index (χ2v) is 4.43. The smallest absolute Gasteiger partial charge is 0.338 e. The zero-order chi connectivity index (χ0) is 13.8. The first kappa shape index (κ1) is 13.5. The fourth-order valence-electron chi connectivity index (χ4n) is 2.19. The molecule has 0 atom stereocenters. The van der Waals surface area contributed by atoms with Crippen LogP contribution in [0.15, 0.2) is 18.3 Å². The number of carboxylic acids is 1. The van der Waals surface area contributed by atoms with Crippen molar-refractivity contribution >= 4 is 11.9 Å². The third-order valence-corrected chi connectivity index (χ3v) is 3.30. The van der Waals surface area contributed by atoms with Gasteiger partial charge in [0.2, 0.25) is 0 Å². The van der Waals surface area contributed by atoms with E-state index in [0.29, 0.717) is 13.1 Å². The molecular formula is C13H16N2O4. The van der Waals surface area contributed by atoms with Gasteiger partial charge in [-0.15, -0.1) is 0 Å². The molecule has 19 heavy (non-hydrogen) atoms. The molecule has 0 radical (unpaired) electrons. The maximum absolute atomic E-state index is 12.3. The Bertz CT molecular complexity index is 481. The summed E-state index contributed by atoms with van der Waals surface area (Å²) in [7, 11) is 1.66. The molecule has 1 aliphatic heterocycles. The summed E-state index contributed by atoms with van der Waals surface area (Å²) < 4.78 is 5.24. The van der Waals surface area contributed by atoms with Gasteiger partial charge in [-0.25, -0.2) is 4.79 Å². The molecule has 1 saturated heterocycles. The van der Waals surface area contributed by atoms with Crippen LogP contribution in [-0.2, 0) is 4.74 Å². The second kappa shape index (κ2) is 5.79. The van der Waals surface area contributed by atoms with Gasteiger partial charge in [0, 0.05) is 26.4 Å². The summed E-state index contributed by atoms with van der Waals surface area (Å²) in [5.74, 6) is -1.46. The standard InChI is InChI=1S/C13H16N2O4/c1-19-9-4-7-15(8-5-9)12(16)11-10(13(17)18)3-2-6-14-11/h2-3,6,9H,4-5,7-8H2,1H3,(H,17,18). The molecule has 1 fully saturated rings. The normalized spacial score (nSPS) is 16.4. The average molecular weight is 264 g/mol. The van der Waals surface area contributed by atoms with Gasteiger partial charge >= 0.3 is 5.97 Å². The van der Waals surface area contributed by atoms with E-state index in [4.69, 9.17) is 9.84 Å². The fraction of sp³-hybridized carbons (Fsp3) is 0.462. The van der Waals surface area contributed by atoms with E-state index >= 15 is 0 Å². The first-order chi connectivity index (χ1) is 9.13. The monoisotopic (exact) mass is 264 g/mol. The molecule has 0 saturated carbocycles. The molecule has 6 nitrogen and oxygen atoms in total. The summed E-state index contributed by atoms with van der Waals surface area (Å²) in [5.41, 5.74) is -0.0489. The number of carboxylic acid groups (broad SMARTS) is 1. The highest BCUT2D eigenvalue weighted by Gasteiger charge is 2.27. The van der Waals surface area contributed by atoms with Gasteiger partial charge < -0.3 is 14.7 Å². The van der Waals surface area contributed by atoms with Gasteiger partial charge in [-0.05, 0) is 25.0 Å². The number of carbonyl (C=O) groups is 2. The summed E-state index contributed by atoms with van der Waals surface area (Å²) in [5, 5.41) is 9.06. The number of likely N-dealkylation sites (tertiary alicyclic amines) is 1. The van der Waals surface area contributed by atoms with E-state index < -0.39 is 5.97 Å². The topological polar surface area (TPSA) is 79.7 Å². The van der Waals surface area contributed by atoms with Crippen molar-refractivity contribution in [3.63, 3.8) is 0 Å². The van der Waals surface area contributed by atoms with Gasteiger partial charge in [-0.3, -0.25) is 9.78 Å². The first-order valence-corrected chi connectivity index (χ1v) is 6.14. The maximum Gasteiger partial charge on any atom is 0.338 e. The largest absolute Gasteiger partial charge is 0.478 e. The SMILES string of the molecule is COC1CCN(C(=O)c2ncccc2C(=O)O)CC1. The molecule has 102 valence electrons. The third kappa shape index (κ3) is 2.90. The summed E-state index contributed by atoms with van der Waals surface area (Å²) in [6.07, 6.45) is 3.13. The quantitative estimate of drug-likeness (QED) is 0.882. The number of rotatable bonds is 3. The zero-order valence-electron chi connectivity index (χ0n) is 10.7. The Morgan fingerprint density at radius 3 is 2.68 bits per heavy atom. The highest BCUT2D eigenvalue weighted by molar-refractivity contribution is 6.03. The average Bonchev–Trinajstić information content (AvgIpc) is 2.46. The first-order valence-electron chi connectivity index (χ1n) is 6.14. The molecule has 0 unspecified atom stereocenters. The zero-order valence-corrected chi connectivity index (χ0v) is 10.7. The van der Waals surface area contributed by atoms with Crippen molar-refractivity contribution in [2.24, 2.45) is 0 Å². The van der Waals surface area contributed by atoms with Crippen LogP contribution < -0.4 is 0 Å². The van der Waals surface area contributed by atoms with Crippen LogP contribution in [0.4, 0.5) is 0 Å². The lowest BCUT2D eigenvalue weighted by molar-refractivity contribution is 0.0344. The summed E-state index contributed by atoms with van der Waals surface area (Å²) in [4.78, 5) is 28.9. The van der Waals surface area contributed by atoms with Crippen LogP contribution >= 0.6 is 0 Å². The third-order valence-electron chi connectivity index (χ3n) is 3.30. The van der Waals surface area contributed by atoms with Crippen LogP contribution in [0.5, 0.6) is 0 Å². The van der Waals surface area contributed by atoms with Crippen LogP contribution in [0.3, 0.4) is 0 Å². The lowest BCUT2D eigenvalue weighted by Gasteiger charge is -2.31. The molecule has 1 amide bonds. The van der Waals surface area contributed by atoms with E-state index in [0.717, 1.165) is 12.8 Å². The van der Waals surface area contributed by atoms with Crippen LogP contribution in [0, 0.1) is 0 Å². The van der Waals surface area contributed by atoms with E-state index in [1.54, 1.807) is 12.0 Å². The highest BCUT2D eigenvalue weighted by atomic mass is 16.5. The van der Waals surface area contributed by atoms with E-state index in [1.165, 1.54) is 18.3 Å². The lowest BCUT2D eigenvalue weighted by atomic mass is 10.1. The number of ether oxygens (including phenoxy) is 1. The van der Waals surface area contributed by atoms with Crippen molar-refractivity contribution in [3.8, 4) is 0 Å². The number of hydrogen-bond acceptors (Lipinski definition) is 4. The van der Waals surface area contributed by atoms with Crippen molar-refractivity contribution in [1.29, 1.82) is 0 Å². The minimum absolute atomic E-state index is 0.00543. The second-order valence-electron chi connectivity index (χ2n) is 4.43. The summed E-state index contributed by atoms with van der Waals surface area (Å²) >= 11 is 0. The van der Waals surface area contributed by atoms with E-state index in [-0.39, 0.29) is 23.3 Å². The van der Waals surface area contributed by atoms with Crippen LogP contribution in [-0.4, -0.2) is 53.2 Å². The molecule has 1 aromatic rings. The van der Waals surface area contributed by atoms with E-state index in [9.17, 15) is 9.59 Å². The number of amides is 1. The van der Waals surface area contributed by atoms with Crippen LogP contribution in [0.2, 0.25) is 0 Å². The van der Waals surface area contributed by atoms with Crippen molar-refractivity contribution in [2.75, 3.05) is 20.2 Å². The summed E-state index contributed by atoms with van der Waals surface area (Å²) in [6.45, 7) is 1.12. The molecule has 2 rings (SSSR count). The Balaban J connectivity index is 2.15. The molecule has 2 heterocycles. The number of aromatic carboxylic acids is 1. The molecular weight excluding hydrogens is 248 g/mol. The van der Waals surface area contributed by atoms with Gasteiger partial charge in [0.05, 0.1) is 11.7 Å². The van der Waals surface area contributed by atoms with Gasteiger partial charge in [-0.1, -0.05) is 0 Å². The number of pyridine rings is 1. The van der Waals surface area contributed by atoms with Gasteiger partial charge in [-0.2, -0.15) is 0 Å². The van der Waals surface area contributed by atoms with Crippen molar-refractivity contribution in [1.82, 2.24) is 9.88 Å². The lowest BCUT2D eigenvalue weighted by Crippen LogP contribution is -2.41. The predicted octanol–water partition coefficient (Wildman–Crippen LogP) is 1.03. The molecule has 0 aromatic carbocycles. The summed E-state index contributed by atoms with van der Waals surface area (Å²) in [6, 6.07) is 2.90. The minimum atomic E-state index is -1.14. The molecule has 6 heteroatoms. The molecule has 0 spiro atoms. The Labute approximate surface area is 111 Å². The number of hydrogen-bond donors (Lipinski definition) is 1. The van der Waals surface area contributed by atoms with Gasteiger partial charge in [0.1, 0.15) is 5.69 Å². The van der Waals surface area contributed by atoms with E-state index in [1.807, 2.05) is 0 Å². The van der Waals surface area contributed by atoms with Crippen molar-refractivity contribution in [3.05, 3.63) is 29.6 Å². The molecule has 1 N–H and O–H groups in total. The Morgan fingerprint density at radius 2 is 2.11 bits per heavy atom. The Kier molecular flexibility index (Phi) is 4.11. The highest BCUT2D eigenvalue weighted by Crippen LogP contribution is 2.16. The molecule has 1 aromatic heterocycles. The van der Waals surface area contributed by atoms with Gasteiger partial charge in [0.25, 0.3) is 5.91 Å².